The van der Waals surface area contributed by atoms with Crippen LogP contribution in [0.3, 0.4) is 0 Å². The van der Waals surface area contributed by atoms with Crippen molar-refractivity contribution in [1.29, 1.82) is 0 Å². The maximum atomic E-state index is 13.2. The molecule has 1 fully saturated rings. The Bertz CT molecular complexity index is 337. The van der Waals surface area contributed by atoms with E-state index in [0.717, 1.165) is 0 Å². The fraction of sp³-hybridized carbons (Fsp3) is 0.917. The van der Waals surface area contributed by atoms with Gasteiger partial charge >= 0.3 is 18.0 Å². The van der Waals surface area contributed by atoms with Gasteiger partial charge in [-0.3, -0.25) is 4.79 Å². The minimum Gasteiger partial charge on any atom is -0.334 e. The van der Waals surface area contributed by atoms with Gasteiger partial charge in [-0.15, -0.1) is 0 Å². The number of nitrogens with two attached hydrogens (primary N) is 1. The van der Waals surface area contributed by atoms with Crippen LogP contribution >= 0.6 is 0 Å². The van der Waals surface area contributed by atoms with Gasteiger partial charge < -0.3 is 10.6 Å². The van der Waals surface area contributed by atoms with E-state index in [0.29, 0.717) is 37.0 Å². The Labute approximate surface area is 114 Å². The molecule has 0 aromatic rings. The van der Waals surface area contributed by atoms with Crippen molar-refractivity contribution in [3.8, 4) is 0 Å². The monoisotopic (exact) mass is 302 g/mol. The predicted octanol–water partition coefficient (Wildman–Crippen LogP) is 2.69. The first-order valence-corrected chi connectivity index (χ1v) is 6.62. The highest BCUT2D eigenvalue weighted by Crippen LogP contribution is 2.38. The molecule has 1 aliphatic carbocycles. The highest BCUT2D eigenvalue weighted by atomic mass is 19.4. The second-order valence-corrected chi connectivity index (χ2v) is 5.14. The van der Waals surface area contributed by atoms with Crippen molar-refractivity contribution in [3.05, 3.63) is 0 Å². The van der Waals surface area contributed by atoms with E-state index in [-0.39, 0.29) is 12.6 Å². The van der Waals surface area contributed by atoms with Crippen LogP contribution in [0.4, 0.5) is 22.0 Å². The van der Waals surface area contributed by atoms with E-state index in [1.54, 1.807) is 6.92 Å². The van der Waals surface area contributed by atoms with Gasteiger partial charge in [-0.1, -0.05) is 6.92 Å². The highest BCUT2D eigenvalue weighted by molar-refractivity contribution is 5.84. The number of amides is 1. The Morgan fingerprint density at radius 3 is 2.05 bits per heavy atom. The quantitative estimate of drug-likeness (QED) is 0.812. The summed E-state index contributed by atoms with van der Waals surface area (Å²) < 4.78 is 63.3. The molecule has 1 amide bonds. The van der Waals surface area contributed by atoms with Gasteiger partial charge in [-0.2, -0.15) is 22.0 Å². The zero-order valence-electron chi connectivity index (χ0n) is 11.2. The lowest BCUT2D eigenvalue weighted by molar-refractivity contribution is -0.275. The van der Waals surface area contributed by atoms with Crippen molar-refractivity contribution in [3.63, 3.8) is 0 Å². The molecule has 3 nitrogen and oxygen atoms in total. The molecular formula is C12H19F5N2O. The lowest BCUT2D eigenvalue weighted by Gasteiger charge is -2.37. The van der Waals surface area contributed by atoms with Crippen LogP contribution in [0.2, 0.25) is 0 Å². The Morgan fingerprint density at radius 1 is 1.15 bits per heavy atom. The third-order valence-electron chi connectivity index (χ3n) is 3.53. The van der Waals surface area contributed by atoms with Gasteiger partial charge in [-0.05, 0) is 32.1 Å². The minimum atomic E-state index is -5.86. The molecule has 1 aliphatic rings. The normalized spacial score (nSPS) is 24.6. The van der Waals surface area contributed by atoms with Crippen molar-refractivity contribution in [2.24, 2.45) is 5.73 Å². The van der Waals surface area contributed by atoms with Gasteiger partial charge in [0, 0.05) is 18.6 Å². The number of hydrogen-bond acceptors (Lipinski definition) is 2. The number of hydrogen-bond donors (Lipinski definition) is 1. The molecule has 0 heterocycles. The van der Waals surface area contributed by atoms with Gasteiger partial charge in [0.2, 0.25) is 0 Å². The smallest absolute Gasteiger partial charge is 0.334 e. The molecule has 2 N–H and O–H groups in total. The Hall–Kier alpha value is -0.920. The summed E-state index contributed by atoms with van der Waals surface area (Å²) in [5.74, 6) is -7.48. The zero-order chi connectivity index (χ0) is 15.6. The van der Waals surface area contributed by atoms with E-state index < -0.39 is 24.0 Å². The molecule has 1 saturated carbocycles. The molecule has 0 atom stereocenters. The van der Waals surface area contributed by atoms with E-state index in [1.165, 1.54) is 0 Å². The van der Waals surface area contributed by atoms with Gasteiger partial charge in [0.05, 0.1) is 0 Å². The van der Waals surface area contributed by atoms with Crippen molar-refractivity contribution >= 4 is 5.91 Å². The first kappa shape index (κ1) is 17.1. The topological polar surface area (TPSA) is 46.3 Å². The van der Waals surface area contributed by atoms with Crippen LogP contribution in [0, 0.1) is 0 Å². The van der Waals surface area contributed by atoms with Crippen molar-refractivity contribution in [2.45, 2.75) is 63.2 Å². The number of carbonyl (C=O) groups is 1. The van der Waals surface area contributed by atoms with Gasteiger partial charge in [-0.25, -0.2) is 0 Å². The molecule has 0 aromatic carbocycles. The van der Waals surface area contributed by atoms with Crippen molar-refractivity contribution in [1.82, 2.24) is 4.90 Å². The summed E-state index contributed by atoms with van der Waals surface area (Å²) in [4.78, 5) is 12.3. The molecule has 0 saturated heterocycles. The van der Waals surface area contributed by atoms with Crippen LogP contribution in [0.15, 0.2) is 0 Å². The summed E-state index contributed by atoms with van der Waals surface area (Å²) in [5, 5.41) is 0. The summed E-state index contributed by atoms with van der Waals surface area (Å²) >= 11 is 0. The summed E-state index contributed by atoms with van der Waals surface area (Å²) in [7, 11) is 0. The zero-order valence-corrected chi connectivity index (χ0v) is 11.2. The molecule has 0 aliphatic heterocycles. The van der Waals surface area contributed by atoms with Crippen LogP contribution in [0.25, 0.3) is 0 Å². The molecule has 0 unspecified atom stereocenters. The number of rotatable bonds is 4. The van der Waals surface area contributed by atoms with E-state index in [1.807, 2.05) is 0 Å². The molecule has 0 spiro atoms. The first-order valence-electron chi connectivity index (χ1n) is 6.62. The van der Waals surface area contributed by atoms with Crippen LogP contribution in [-0.4, -0.2) is 41.5 Å². The van der Waals surface area contributed by atoms with E-state index in [2.05, 4.69) is 0 Å². The third-order valence-corrected chi connectivity index (χ3v) is 3.53. The molecule has 1 rings (SSSR count). The van der Waals surface area contributed by atoms with Crippen molar-refractivity contribution < 1.29 is 26.7 Å². The predicted molar refractivity (Wildman–Crippen MR) is 63.2 cm³/mol. The highest BCUT2D eigenvalue weighted by Gasteiger charge is 2.65. The molecule has 8 heteroatoms. The summed E-state index contributed by atoms with van der Waals surface area (Å²) in [6, 6.07) is -0.663. The fourth-order valence-corrected chi connectivity index (χ4v) is 2.41. The second-order valence-electron chi connectivity index (χ2n) is 5.14. The number of alkyl halides is 5. The average molecular weight is 302 g/mol. The summed E-state index contributed by atoms with van der Waals surface area (Å²) in [5.41, 5.74) is 5.67. The SMILES string of the molecule is CCCN(C(=O)C(F)(F)C(F)(F)F)C1CCC(N)CC1. The molecule has 20 heavy (non-hydrogen) atoms. The van der Waals surface area contributed by atoms with E-state index in [4.69, 9.17) is 5.73 Å². The fourth-order valence-electron chi connectivity index (χ4n) is 2.41. The van der Waals surface area contributed by atoms with Gasteiger partial charge in [0.1, 0.15) is 0 Å². The summed E-state index contributed by atoms with van der Waals surface area (Å²) in [6.45, 7) is 1.52. The molecule has 0 radical (unpaired) electrons. The lowest BCUT2D eigenvalue weighted by atomic mass is 9.90. The van der Waals surface area contributed by atoms with Crippen LogP contribution in [0.1, 0.15) is 39.0 Å². The Kier molecular flexibility index (Phi) is 5.34. The molecule has 118 valence electrons. The minimum absolute atomic E-state index is 0.0760. The summed E-state index contributed by atoms with van der Waals surface area (Å²) in [6.07, 6.45) is -3.77. The Morgan fingerprint density at radius 2 is 1.65 bits per heavy atom. The number of carbonyl (C=O) groups excluding carboxylic acids is 1. The Balaban J connectivity index is 2.88. The van der Waals surface area contributed by atoms with Crippen LogP contribution < -0.4 is 5.73 Å². The largest absolute Gasteiger partial charge is 0.463 e. The first-order chi connectivity index (χ1) is 9.11. The number of nitrogens with zero attached hydrogens (tertiary/aromatic N) is 1. The molecule has 0 bridgehead atoms. The van der Waals surface area contributed by atoms with Gasteiger partial charge in [0.15, 0.2) is 0 Å². The van der Waals surface area contributed by atoms with E-state index in [9.17, 15) is 26.7 Å². The van der Waals surface area contributed by atoms with Gasteiger partial charge in [0.25, 0.3) is 0 Å². The lowest BCUT2D eigenvalue weighted by Crippen LogP contribution is -2.56. The molecule has 0 aromatic heterocycles. The maximum absolute atomic E-state index is 13.2. The maximum Gasteiger partial charge on any atom is 0.463 e. The van der Waals surface area contributed by atoms with E-state index >= 15 is 0 Å². The third kappa shape index (κ3) is 3.59. The molecular weight excluding hydrogens is 283 g/mol. The number of halogens is 5. The average Bonchev–Trinajstić information content (AvgIpc) is 2.35. The second kappa shape index (κ2) is 6.24. The van der Waals surface area contributed by atoms with Crippen LogP contribution in [-0.2, 0) is 4.79 Å². The van der Waals surface area contributed by atoms with Crippen LogP contribution in [0.5, 0.6) is 0 Å². The van der Waals surface area contributed by atoms with Crippen molar-refractivity contribution in [2.75, 3.05) is 6.54 Å². The standard InChI is InChI=1S/C12H19F5N2O/c1-2-7-19(9-5-3-8(18)4-6-9)10(20)11(13,14)12(15,16)17/h8-9H,2-7,18H2,1H3.